The number of imidazole rings is 1. The van der Waals surface area contributed by atoms with E-state index in [0.29, 0.717) is 5.95 Å². The fourth-order valence-corrected chi connectivity index (χ4v) is 1.50. The van der Waals surface area contributed by atoms with E-state index in [1.54, 1.807) is 16.9 Å². The van der Waals surface area contributed by atoms with Gasteiger partial charge in [-0.25, -0.2) is 4.98 Å². The second kappa shape index (κ2) is 3.21. The van der Waals surface area contributed by atoms with Crippen molar-refractivity contribution in [1.29, 1.82) is 0 Å². The van der Waals surface area contributed by atoms with Gasteiger partial charge in [0, 0.05) is 13.1 Å². The highest BCUT2D eigenvalue weighted by molar-refractivity contribution is 5.44. The monoisotopic (exact) mass is 194 g/mol. The van der Waals surface area contributed by atoms with Crippen molar-refractivity contribution < 1.29 is 0 Å². The highest BCUT2D eigenvalue weighted by Gasteiger charge is 2.09. The molecule has 0 unspecified atom stereocenters. The Hall–Kier alpha value is -1.72. The second-order valence-electron chi connectivity index (χ2n) is 3.00. The Labute approximate surface area is 81.9 Å². The van der Waals surface area contributed by atoms with E-state index in [1.165, 1.54) is 0 Å². The van der Waals surface area contributed by atoms with Gasteiger partial charge in [-0.15, -0.1) is 5.10 Å². The molecule has 0 saturated heterocycles. The molecular weight excluding hydrogens is 180 g/mol. The van der Waals surface area contributed by atoms with Crippen molar-refractivity contribution in [1.82, 2.24) is 19.3 Å². The molecule has 2 heterocycles. The molecule has 6 heteroatoms. The van der Waals surface area contributed by atoms with Crippen LogP contribution in [0.4, 0.5) is 5.95 Å². The lowest BCUT2D eigenvalue weighted by Gasteiger charge is -2.20. The van der Waals surface area contributed by atoms with Crippen LogP contribution >= 0.6 is 0 Å². The van der Waals surface area contributed by atoms with Crippen LogP contribution in [0.1, 0.15) is 13.8 Å². The predicted molar refractivity (Wildman–Crippen MR) is 54.7 cm³/mol. The van der Waals surface area contributed by atoms with Crippen LogP contribution in [0.3, 0.4) is 0 Å². The van der Waals surface area contributed by atoms with Crippen LogP contribution in [0.5, 0.6) is 0 Å². The molecule has 0 bridgehead atoms. The molecule has 0 aromatic carbocycles. The summed E-state index contributed by atoms with van der Waals surface area (Å²) >= 11 is 0. The Morgan fingerprint density at radius 1 is 1.43 bits per heavy atom. The summed E-state index contributed by atoms with van der Waals surface area (Å²) in [5, 5.41) is 6.34. The number of anilines is 1. The van der Waals surface area contributed by atoms with E-state index in [-0.39, 0.29) is 0 Å². The van der Waals surface area contributed by atoms with Crippen LogP contribution in [0.25, 0.3) is 5.65 Å². The number of rotatable bonds is 3. The molecule has 6 nitrogen and oxygen atoms in total. The molecule has 14 heavy (non-hydrogen) atoms. The zero-order valence-corrected chi connectivity index (χ0v) is 8.38. The molecule has 0 saturated carbocycles. The molecule has 0 fully saturated rings. The van der Waals surface area contributed by atoms with Gasteiger partial charge in [0.15, 0.2) is 5.65 Å². The quantitative estimate of drug-likeness (QED) is 0.752. The molecule has 2 aromatic heterocycles. The summed E-state index contributed by atoms with van der Waals surface area (Å²) < 4.78 is 1.76. The molecule has 76 valence electrons. The maximum atomic E-state index is 5.65. The number of hydrogen-bond donors (Lipinski definition) is 1. The first-order chi connectivity index (χ1) is 6.77. The van der Waals surface area contributed by atoms with Gasteiger partial charge < -0.3 is 5.73 Å². The van der Waals surface area contributed by atoms with Gasteiger partial charge in [0.25, 0.3) is 0 Å². The summed E-state index contributed by atoms with van der Waals surface area (Å²) in [6.45, 7) is 5.97. The number of hydrogen-bond acceptors (Lipinski definition) is 4. The van der Waals surface area contributed by atoms with Crippen molar-refractivity contribution in [2.45, 2.75) is 13.8 Å². The lowest BCUT2D eigenvalue weighted by Crippen LogP contribution is -2.34. The van der Waals surface area contributed by atoms with Gasteiger partial charge in [-0.3, -0.25) is 9.41 Å². The highest BCUT2D eigenvalue weighted by atomic mass is 15.7. The van der Waals surface area contributed by atoms with Gasteiger partial charge in [0.1, 0.15) is 6.33 Å². The minimum atomic E-state index is 0.471. The van der Waals surface area contributed by atoms with Gasteiger partial charge in [-0.1, -0.05) is 0 Å². The van der Waals surface area contributed by atoms with Gasteiger partial charge in [0.2, 0.25) is 5.95 Å². The molecule has 2 aromatic rings. The molecule has 2 N–H and O–H groups in total. The summed E-state index contributed by atoms with van der Waals surface area (Å²) in [5.74, 6) is 0.471. The van der Waals surface area contributed by atoms with E-state index in [1.807, 2.05) is 4.79 Å². The zero-order valence-electron chi connectivity index (χ0n) is 8.38. The minimum absolute atomic E-state index is 0.471. The van der Waals surface area contributed by atoms with E-state index < -0.39 is 0 Å². The molecule has 0 aliphatic rings. The van der Waals surface area contributed by atoms with Crippen LogP contribution in [-0.2, 0) is 0 Å². The Morgan fingerprint density at radius 2 is 2.14 bits per heavy atom. The third-order valence-electron chi connectivity index (χ3n) is 2.29. The fourth-order valence-electron chi connectivity index (χ4n) is 1.50. The van der Waals surface area contributed by atoms with Crippen molar-refractivity contribution in [3.05, 3.63) is 12.5 Å². The van der Waals surface area contributed by atoms with Crippen molar-refractivity contribution in [2.24, 2.45) is 0 Å². The van der Waals surface area contributed by atoms with E-state index in [9.17, 15) is 0 Å². The SMILES string of the molecule is CCN(CC)n1ncn2c(N)ncc12. The van der Waals surface area contributed by atoms with E-state index in [4.69, 9.17) is 5.73 Å². The lowest BCUT2D eigenvalue weighted by atomic mass is 10.6. The standard InChI is InChI=1S/C8H14N6/c1-3-12(4-2)14-7-5-10-8(9)13(7)6-11-14/h5-6H,3-4H2,1-2H3,(H2,9,10). The molecule has 0 radical (unpaired) electrons. The van der Waals surface area contributed by atoms with Crippen LogP contribution in [-0.4, -0.2) is 32.4 Å². The third-order valence-corrected chi connectivity index (χ3v) is 2.29. The summed E-state index contributed by atoms with van der Waals surface area (Å²) in [4.78, 5) is 5.84. The molecule has 0 aliphatic heterocycles. The molecule has 0 spiro atoms. The normalized spacial score (nSPS) is 11.0. The summed E-state index contributed by atoms with van der Waals surface area (Å²) in [5.41, 5.74) is 6.55. The lowest BCUT2D eigenvalue weighted by molar-refractivity contribution is 0.573. The molecule has 2 rings (SSSR count). The summed E-state index contributed by atoms with van der Waals surface area (Å²) in [6, 6.07) is 0. The summed E-state index contributed by atoms with van der Waals surface area (Å²) in [6.07, 6.45) is 3.40. The Morgan fingerprint density at radius 3 is 2.79 bits per heavy atom. The average molecular weight is 194 g/mol. The molecular formula is C8H14N6. The largest absolute Gasteiger partial charge is 0.369 e. The van der Waals surface area contributed by atoms with Crippen LogP contribution in [0.15, 0.2) is 12.5 Å². The average Bonchev–Trinajstić information content (AvgIpc) is 2.74. The second-order valence-corrected chi connectivity index (χ2v) is 3.00. The Kier molecular flexibility index (Phi) is 2.03. The number of fused-ring (bicyclic) bond motifs is 1. The first-order valence-corrected chi connectivity index (χ1v) is 4.69. The van der Waals surface area contributed by atoms with Crippen molar-refractivity contribution >= 4 is 11.6 Å². The first-order valence-electron chi connectivity index (χ1n) is 4.69. The third kappa shape index (κ3) is 1.11. The number of nitrogens with zero attached hydrogens (tertiary/aromatic N) is 5. The molecule has 0 amide bonds. The smallest absolute Gasteiger partial charge is 0.207 e. The number of aromatic nitrogens is 4. The van der Waals surface area contributed by atoms with Crippen LogP contribution in [0.2, 0.25) is 0 Å². The van der Waals surface area contributed by atoms with Crippen molar-refractivity contribution in [2.75, 3.05) is 23.8 Å². The Bertz CT molecular complexity index is 424. The van der Waals surface area contributed by atoms with Gasteiger partial charge >= 0.3 is 0 Å². The van der Waals surface area contributed by atoms with Gasteiger partial charge in [-0.05, 0) is 13.8 Å². The summed E-state index contributed by atoms with van der Waals surface area (Å²) in [7, 11) is 0. The molecule has 0 aliphatic carbocycles. The highest BCUT2D eigenvalue weighted by Crippen LogP contribution is 2.07. The van der Waals surface area contributed by atoms with Crippen molar-refractivity contribution in [3.8, 4) is 0 Å². The van der Waals surface area contributed by atoms with Gasteiger partial charge in [0.05, 0.1) is 6.20 Å². The number of nitrogen functional groups attached to an aromatic ring is 1. The first kappa shape index (κ1) is 8.86. The predicted octanol–water partition coefficient (Wildman–Crippen LogP) is 0.0908. The molecule has 0 atom stereocenters. The maximum absolute atomic E-state index is 5.65. The van der Waals surface area contributed by atoms with Crippen LogP contribution in [0, 0.1) is 0 Å². The van der Waals surface area contributed by atoms with Crippen molar-refractivity contribution in [3.63, 3.8) is 0 Å². The van der Waals surface area contributed by atoms with Gasteiger partial charge in [-0.2, -0.15) is 4.79 Å². The Balaban J connectivity index is 2.51. The number of nitrogens with two attached hydrogens (primary N) is 1. The van der Waals surface area contributed by atoms with E-state index in [0.717, 1.165) is 18.7 Å². The topological polar surface area (TPSA) is 64.4 Å². The van der Waals surface area contributed by atoms with Crippen LogP contribution < -0.4 is 10.7 Å². The fraction of sp³-hybridized carbons (Fsp3) is 0.500. The van der Waals surface area contributed by atoms with E-state index in [2.05, 4.69) is 28.9 Å². The minimum Gasteiger partial charge on any atom is -0.369 e. The zero-order chi connectivity index (χ0) is 10.1. The van der Waals surface area contributed by atoms with E-state index >= 15 is 0 Å². The maximum Gasteiger partial charge on any atom is 0.207 e.